The van der Waals surface area contributed by atoms with Gasteiger partial charge in [-0.25, -0.2) is 0 Å². The number of allylic oxidation sites excluding steroid dienone is 1. The summed E-state index contributed by atoms with van der Waals surface area (Å²) in [5, 5.41) is 18.9. The first-order valence-corrected chi connectivity index (χ1v) is 4.92. The summed E-state index contributed by atoms with van der Waals surface area (Å²) in [5.74, 6) is 0.551. The highest BCUT2D eigenvalue weighted by atomic mass is 16.5. The molecule has 0 bridgehead atoms. The Morgan fingerprint density at radius 1 is 1.47 bits per heavy atom. The van der Waals surface area contributed by atoms with Crippen molar-refractivity contribution in [3.8, 4) is 11.5 Å². The maximum Gasteiger partial charge on any atom is 0.161 e. The Balaban J connectivity index is 3.13. The smallest absolute Gasteiger partial charge is 0.161 e. The van der Waals surface area contributed by atoms with Crippen molar-refractivity contribution in [1.82, 2.24) is 0 Å². The van der Waals surface area contributed by atoms with E-state index in [0.717, 1.165) is 11.1 Å². The van der Waals surface area contributed by atoms with E-state index in [1.165, 1.54) is 0 Å². The van der Waals surface area contributed by atoms with Crippen LogP contribution in [0.2, 0.25) is 0 Å². The van der Waals surface area contributed by atoms with E-state index >= 15 is 0 Å². The van der Waals surface area contributed by atoms with Crippen LogP contribution >= 0.6 is 0 Å². The van der Waals surface area contributed by atoms with Crippen LogP contribution in [0.25, 0.3) is 0 Å². The minimum Gasteiger partial charge on any atom is -0.504 e. The molecule has 15 heavy (non-hydrogen) atoms. The van der Waals surface area contributed by atoms with Crippen molar-refractivity contribution in [2.24, 2.45) is 0 Å². The summed E-state index contributed by atoms with van der Waals surface area (Å²) in [6.45, 7) is 5.88. The van der Waals surface area contributed by atoms with Crippen LogP contribution in [-0.2, 0) is 13.0 Å². The molecule has 0 spiro atoms. The van der Waals surface area contributed by atoms with Gasteiger partial charge in [0.25, 0.3) is 0 Å². The quantitative estimate of drug-likeness (QED) is 0.728. The molecule has 0 atom stereocenters. The van der Waals surface area contributed by atoms with Crippen molar-refractivity contribution in [3.63, 3.8) is 0 Å². The summed E-state index contributed by atoms with van der Waals surface area (Å²) < 4.78 is 5.27. The average Bonchev–Trinajstić information content (AvgIpc) is 2.24. The molecule has 1 aromatic carbocycles. The fourth-order valence-corrected chi connectivity index (χ4v) is 1.40. The maximum absolute atomic E-state index is 9.82. The van der Waals surface area contributed by atoms with E-state index in [1.807, 2.05) is 6.92 Å². The molecule has 0 heterocycles. The minimum atomic E-state index is -0.0650. The van der Waals surface area contributed by atoms with Crippen LogP contribution in [0.5, 0.6) is 11.5 Å². The lowest BCUT2D eigenvalue weighted by atomic mass is 10.1. The Labute approximate surface area is 89.6 Å². The molecule has 0 aliphatic rings. The Morgan fingerprint density at radius 3 is 2.73 bits per heavy atom. The highest BCUT2D eigenvalue weighted by molar-refractivity contribution is 5.49. The number of rotatable bonds is 5. The summed E-state index contributed by atoms with van der Waals surface area (Å²) in [6, 6.07) is 3.39. The van der Waals surface area contributed by atoms with Crippen LogP contribution in [0.1, 0.15) is 18.1 Å². The third-order valence-electron chi connectivity index (χ3n) is 2.06. The topological polar surface area (TPSA) is 49.7 Å². The number of phenols is 1. The second-order valence-corrected chi connectivity index (χ2v) is 3.19. The number of hydrogen-bond donors (Lipinski definition) is 2. The highest BCUT2D eigenvalue weighted by Gasteiger charge is 2.09. The standard InChI is InChI=1S/C12H16O3/c1-3-5-10-6-9(8-13)7-11(12(10)14)15-4-2/h3,6-7,13-14H,1,4-5,8H2,2H3. The monoisotopic (exact) mass is 208 g/mol. The molecule has 3 heteroatoms. The summed E-state index contributed by atoms with van der Waals surface area (Å²) in [5.41, 5.74) is 1.45. The van der Waals surface area contributed by atoms with Crippen LogP contribution in [0, 0.1) is 0 Å². The molecule has 0 saturated carbocycles. The van der Waals surface area contributed by atoms with Gasteiger partial charge in [0.05, 0.1) is 13.2 Å². The molecule has 0 saturated heterocycles. The lowest BCUT2D eigenvalue weighted by molar-refractivity contribution is 0.278. The number of benzene rings is 1. The van der Waals surface area contributed by atoms with E-state index in [0.29, 0.717) is 18.8 Å². The zero-order valence-electron chi connectivity index (χ0n) is 8.86. The van der Waals surface area contributed by atoms with E-state index in [4.69, 9.17) is 9.84 Å². The van der Waals surface area contributed by atoms with Crippen molar-refractivity contribution in [2.45, 2.75) is 20.0 Å². The van der Waals surface area contributed by atoms with Crippen LogP contribution in [0.4, 0.5) is 0 Å². The third kappa shape index (κ3) is 2.73. The molecule has 3 nitrogen and oxygen atoms in total. The van der Waals surface area contributed by atoms with Gasteiger partial charge in [0.2, 0.25) is 0 Å². The van der Waals surface area contributed by atoms with Crippen molar-refractivity contribution in [3.05, 3.63) is 35.9 Å². The van der Waals surface area contributed by atoms with Gasteiger partial charge in [-0.1, -0.05) is 6.08 Å². The molecule has 0 aliphatic carbocycles. The predicted molar refractivity (Wildman–Crippen MR) is 59.1 cm³/mol. The lowest BCUT2D eigenvalue weighted by Crippen LogP contribution is -1.96. The van der Waals surface area contributed by atoms with E-state index in [9.17, 15) is 5.11 Å². The molecule has 82 valence electrons. The Morgan fingerprint density at radius 2 is 2.20 bits per heavy atom. The third-order valence-corrected chi connectivity index (χ3v) is 2.06. The number of hydrogen-bond acceptors (Lipinski definition) is 3. The molecule has 1 rings (SSSR count). The van der Waals surface area contributed by atoms with E-state index in [1.54, 1.807) is 18.2 Å². The van der Waals surface area contributed by atoms with Crippen molar-refractivity contribution < 1.29 is 14.9 Å². The zero-order valence-corrected chi connectivity index (χ0v) is 8.86. The number of aliphatic hydroxyl groups excluding tert-OH is 1. The number of ether oxygens (including phenoxy) is 1. The first-order valence-electron chi connectivity index (χ1n) is 4.92. The lowest BCUT2D eigenvalue weighted by Gasteiger charge is -2.11. The van der Waals surface area contributed by atoms with Crippen molar-refractivity contribution in [1.29, 1.82) is 0 Å². The van der Waals surface area contributed by atoms with Crippen LogP contribution in [-0.4, -0.2) is 16.8 Å². The van der Waals surface area contributed by atoms with Gasteiger partial charge in [-0.15, -0.1) is 6.58 Å². The molecule has 0 amide bonds. The SMILES string of the molecule is C=CCc1cc(CO)cc(OCC)c1O. The fraction of sp³-hybridized carbons (Fsp3) is 0.333. The van der Waals surface area contributed by atoms with Crippen LogP contribution < -0.4 is 4.74 Å². The summed E-state index contributed by atoms with van der Waals surface area (Å²) in [6.07, 6.45) is 2.26. The van der Waals surface area contributed by atoms with Gasteiger partial charge in [0.15, 0.2) is 11.5 Å². The average molecular weight is 208 g/mol. The van der Waals surface area contributed by atoms with Gasteiger partial charge in [0.1, 0.15) is 0 Å². The first-order chi connectivity index (χ1) is 7.22. The van der Waals surface area contributed by atoms with Gasteiger partial charge >= 0.3 is 0 Å². The molecular formula is C12H16O3. The van der Waals surface area contributed by atoms with Crippen molar-refractivity contribution in [2.75, 3.05) is 6.61 Å². The number of aromatic hydroxyl groups is 1. The highest BCUT2D eigenvalue weighted by Crippen LogP contribution is 2.32. The second-order valence-electron chi connectivity index (χ2n) is 3.19. The summed E-state index contributed by atoms with van der Waals surface area (Å²) >= 11 is 0. The molecular weight excluding hydrogens is 192 g/mol. The zero-order chi connectivity index (χ0) is 11.3. The van der Waals surface area contributed by atoms with Gasteiger partial charge in [0, 0.05) is 5.56 Å². The van der Waals surface area contributed by atoms with Gasteiger partial charge in [-0.2, -0.15) is 0 Å². The van der Waals surface area contributed by atoms with Gasteiger partial charge < -0.3 is 14.9 Å². The molecule has 0 fully saturated rings. The fourth-order valence-electron chi connectivity index (χ4n) is 1.40. The Hall–Kier alpha value is -1.48. The molecule has 0 aliphatic heterocycles. The Kier molecular flexibility index (Phi) is 4.18. The summed E-state index contributed by atoms with van der Waals surface area (Å²) in [7, 11) is 0. The van der Waals surface area contributed by atoms with E-state index in [2.05, 4.69) is 6.58 Å². The Bertz CT molecular complexity index is 345. The predicted octanol–water partition coefficient (Wildman–Crippen LogP) is 2.01. The molecule has 1 aromatic rings. The molecule has 0 radical (unpaired) electrons. The number of phenolic OH excluding ortho intramolecular Hbond substituents is 1. The second kappa shape index (κ2) is 5.41. The first kappa shape index (κ1) is 11.6. The van der Waals surface area contributed by atoms with Gasteiger partial charge in [-0.3, -0.25) is 0 Å². The van der Waals surface area contributed by atoms with Crippen LogP contribution in [0.15, 0.2) is 24.8 Å². The van der Waals surface area contributed by atoms with E-state index < -0.39 is 0 Å². The molecule has 0 unspecified atom stereocenters. The molecule has 2 N–H and O–H groups in total. The van der Waals surface area contributed by atoms with Crippen LogP contribution in [0.3, 0.4) is 0 Å². The normalized spacial score (nSPS) is 10.0. The molecule has 0 aromatic heterocycles. The van der Waals surface area contributed by atoms with E-state index in [-0.39, 0.29) is 12.4 Å². The van der Waals surface area contributed by atoms with Crippen molar-refractivity contribution >= 4 is 0 Å². The number of aliphatic hydroxyl groups is 1. The largest absolute Gasteiger partial charge is 0.504 e. The summed E-state index contributed by atoms with van der Waals surface area (Å²) in [4.78, 5) is 0. The van der Waals surface area contributed by atoms with Gasteiger partial charge in [-0.05, 0) is 31.0 Å². The maximum atomic E-state index is 9.82. The minimum absolute atomic E-state index is 0.0650.